The van der Waals surface area contributed by atoms with Crippen LogP contribution in [-0.4, -0.2) is 16.0 Å². The molecule has 18 heavy (non-hydrogen) atoms. The van der Waals surface area contributed by atoms with Gasteiger partial charge in [0.05, 0.1) is 11.2 Å². The Morgan fingerprint density at radius 2 is 2.22 bits per heavy atom. The van der Waals surface area contributed by atoms with Crippen molar-refractivity contribution in [2.75, 3.05) is 0 Å². The molecule has 0 amide bonds. The molecule has 1 heterocycles. The molecule has 0 saturated carbocycles. The quantitative estimate of drug-likeness (QED) is 0.934. The highest BCUT2D eigenvalue weighted by Gasteiger charge is 2.11. The van der Waals surface area contributed by atoms with E-state index in [2.05, 4.69) is 9.97 Å². The van der Waals surface area contributed by atoms with Crippen molar-refractivity contribution in [3.8, 4) is 0 Å². The minimum absolute atomic E-state index is 0.102. The molecule has 5 heteroatoms. The van der Waals surface area contributed by atoms with Gasteiger partial charge in [0, 0.05) is 23.3 Å². The third kappa shape index (κ3) is 3.45. The zero-order valence-electron chi connectivity index (χ0n) is 10.0. The summed E-state index contributed by atoms with van der Waals surface area (Å²) >= 11 is 7.77. The summed E-state index contributed by atoms with van der Waals surface area (Å²) in [6.45, 7) is 1.98. The van der Waals surface area contributed by atoms with Crippen LogP contribution in [0.2, 0.25) is 5.02 Å². The Bertz CT molecular complexity index is 517. The van der Waals surface area contributed by atoms with Crippen molar-refractivity contribution < 1.29 is 0 Å². The number of nitrogens with zero attached hydrogens (tertiary/aromatic N) is 2. The van der Waals surface area contributed by atoms with Crippen LogP contribution >= 0.6 is 23.4 Å². The van der Waals surface area contributed by atoms with Gasteiger partial charge in [0.15, 0.2) is 0 Å². The van der Waals surface area contributed by atoms with Crippen LogP contribution < -0.4 is 5.73 Å². The summed E-state index contributed by atoms with van der Waals surface area (Å²) in [5.74, 6) is 0. The second kappa shape index (κ2) is 6.18. The van der Waals surface area contributed by atoms with Crippen LogP contribution in [0.1, 0.15) is 12.5 Å². The Balaban J connectivity index is 2.31. The first kappa shape index (κ1) is 13.3. The van der Waals surface area contributed by atoms with Crippen LogP contribution in [0.3, 0.4) is 0 Å². The van der Waals surface area contributed by atoms with Gasteiger partial charge in [-0.1, -0.05) is 35.5 Å². The minimum atomic E-state index is 0.102. The van der Waals surface area contributed by atoms with E-state index < -0.39 is 0 Å². The zero-order chi connectivity index (χ0) is 13.0. The Labute approximate surface area is 116 Å². The molecule has 0 bridgehead atoms. The molecule has 0 radical (unpaired) electrons. The van der Waals surface area contributed by atoms with E-state index in [1.165, 1.54) is 11.8 Å². The number of nitrogens with two attached hydrogens (primary N) is 1. The Morgan fingerprint density at radius 3 is 2.89 bits per heavy atom. The number of aromatic nitrogens is 2. The van der Waals surface area contributed by atoms with Crippen molar-refractivity contribution in [3.05, 3.63) is 47.4 Å². The van der Waals surface area contributed by atoms with E-state index in [0.29, 0.717) is 0 Å². The molecule has 1 aromatic carbocycles. The number of hydrogen-bond donors (Lipinski definition) is 1. The van der Waals surface area contributed by atoms with Crippen LogP contribution in [0, 0.1) is 0 Å². The van der Waals surface area contributed by atoms with Crippen LogP contribution in [-0.2, 0) is 6.42 Å². The minimum Gasteiger partial charge on any atom is -0.328 e. The Morgan fingerprint density at radius 1 is 1.39 bits per heavy atom. The van der Waals surface area contributed by atoms with E-state index in [-0.39, 0.29) is 6.04 Å². The standard InChI is InChI=1S/C13H14ClN3S/c1-9(15)7-10-3-2-4-11(14)13(10)18-12-8-16-5-6-17-12/h2-6,8-9H,7,15H2,1H3. The fourth-order valence-corrected chi connectivity index (χ4v) is 2.81. The summed E-state index contributed by atoms with van der Waals surface area (Å²) < 4.78 is 0. The van der Waals surface area contributed by atoms with E-state index in [0.717, 1.165) is 26.9 Å². The first-order valence-electron chi connectivity index (χ1n) is 5.63. The fourth-order valence-electron chi connectivity index (χ4n) is 1.62. The van der Waals surface area contributed by atoms with Crippen molar-refractivity contribution in [1.82, 2.24) is 9.97 Å². The molecule has 0 saturated heterocycles. The molecule has 2 rings (SSSR count). The molecule has 0 aliphatic heterocycles. The van der Waals surface area contributed by atoms with Gasteiger partial charge in [0.1, 0.15) is 5.03 Å². The monoisotopic (exact) mass is 279 g/mol. The molecule has 94 valence electrons. The van der Waals surface area contributed by atoms with Gasteiger partial charge in [-0.15, -0.1) is 0 Å². The lowest BCUT2D eigenvalue weighted by atomic mass is 10.1. The predicted octanol–water partition coefficient (Wildman–Crippen LogP) is 3.17. The predicted molar refractivity (Wildman–Crippen MR) is 75.0 cm³/mol. The van der Waals surface area contributed by atoms with E-state index in [1.807, 2.05) is 25.1 Å². The van der Waals surface area contributed by atoms with Crippen LogP contribution in [0.4, 0.5) is 0 Å². The first-order valence-corrected chi connectivity index (χ1v) is 6.83. The number of halogens is 1. The highest BCUT2D eigenvalue weighted by molar-refractivity contribution is 7.99. The maximum Gasteiger partial charge on any atom is 0.119 e. The summed E-state index contributed by atoms with van der Waals surface area (Å²) in [5, 5.41) is 1.56. The fraction of sp³-hybridized carbons (Fsp3) is 0.231. The van der Waals surface area contributed by atoms with Crippen molar-refractivity contribution in [1.29, 1.82) is 0 Å². The summed E-state index contributed by atoms with van der Waals surface area (Å²) in [6.07, 6.45) is 5.84. The van der Waals surface area contributed by atoms with Gasteiger partial charge < -0.3 is 5.73 Å². The summed E-state index contributed by atoms with van der Waals surface area (Å²) in [5.41, 5.74) is 7.00. The molecule has 1 atom stereocenters. The number of rotatable bonds is 4. The molecule has 0 aliphatic carbocycles. The SMILES string of the molecule is CC(N)Cc1cccc(Cl)c1Sc1cnccn1. The first-order chi connectivity index (χ1) is 8.66. The molecule has 2 aromatic rings. The second-order valence-corrected chi connectivity index (χ2v) is 5.49. The average molecular weight is 280 g/mol. The van der Waals surface area contributed by atoms with Crippen molar-refractivity contribution in [3.63, 3.8) is 0 Å². The molecule has 3 nitrogen and oxygen atoms in total. The molecule has 1 aromatic heterocycles. The molecule has 0 fully saturated rings. The van der Waals surface area contributed by atoms with Gasteiger partial charge >= 0.3 is 0 Å². The van der Waals surface area contributed by atoms with E-state index >= 15 is 0 Å². The summed E-state index contributed by atoms with van der Waals surface area (Å²) in [7, 11) is 0. The Hall–Kier alpha value is -1.10. The lowest BCUT2D eigenvalue weighted by Gasteiger charge is -2.12. The van der Waals surface area contributed by atoms with Crippen molar-refractivity contribution in [2.24, 2.45) is 5.73 Å². The molecular formula is C13H14ClN3S. The van der Waals surface area contributed by atoms with Gasteiger partial charge in [-0.2, -0.15) is 0 Å². The number of hydrogen-bond acceptors (Lipinski definition) is 4. The Kier molecular flexibility index (Phi) is 4.58. The lowest BCUT2D eigenvalue weighted by molar-refractivity contribution is 0.729. The van der Waals surface area contributed by atoms with E-state index in [1.54, 1.807) is 18.6 Å². The van der Waals surface area contributed by atoms with Crippen molar-refractivity contribution >= 4 is 23.4 Å². The summed E-state index contributed by atoms with van der Waals surface area (Å²) in [6, 6.07) is 5.98. The van der Waals surface area contributed by atoms with E-state index in [4.69, 9.17) is 17.3 Å². The largest absolute Gasteiger partial charge is 0.328 e. The van der Waals surface area contributed by atoms with Crippen molar-refractivity contribution in [2.45, 2.75) is 29.3 Å². The molecule has 0 aliphatic rings. The van der Waals surface area contributed by atoms with Gasteiger partial charge in [-0.05, 0) is 25.0 Å². The van der Waals surface area contributed by atoms with Crippen LogP contribution in [0.25, 0.3) is 0 Å². The second-order valence-electron chi connectivity index (χ2n) is 4.06. The van der Waals surface area contributed by atoms with Gasteiger partial charge in [-0.3, -0.25) is 4.98 Å². The smallest absolute Gasteiger partial charge is 0.119 e. The summed E-state index contributed by atoms with van der Waals surface area (Å²) in [4.78, 5) is 9.31. The van der Waals surface area contributed by atoms with Gasteiger partial charge in [0.2, 0.25) is 0 Å². The zero-order valence-corrected chi connectivity index (χ0v) is 11.6. The van der Waals surface area contributed by atoms with E-state index in [9.17, 15) is 0 Å². The molecule has 0 spiro atoms. The van der Waals surface area contributed by atoms with Gasteiger partial charge in [0.25, 0.3) is 0 Å². The number of benzene rings is 1. The molecular weight excluding hydrogens is 266 g/mol. The van der Waals surface area contributed by atoms with Crippen LogP contribution in [0.5, 0.6) is 0 Å². The molecule has 1 unspecified atom stereocenters. The highest BCUT2D eigenvalue weighted by atomic mass is 35.5. The highest BCUT2D eigenvalue weighted by Crippen LogP contribution is 2.35. The third-order valence-electron chi connectivity index (χ3n) is 2.34. The van der Waals surface area contributed by atoms with Gasteiger partial charge in [-0.25, -0.2) is 4.98 Å². The normalized spacial score (nSPS) is 12.4. The lowest BCUT2D eigenvalue weighted by Crippen LogP contribution is -2.18. The third-order valence-corrected chi connectivity index (χ3v) is 3.87. The maximum atomic E-state index is 6.25. The van der Waals surface area contributed by atoms with Crippen LogP contribution in [0.15, 0.2) is 46.7 Å². The maximum absolute atomic E-state index is 6.25. The molecule has 2 N–H and O–H groups in total. The average Bonchev–Trinajstić information content (AvgIpc) is 2.34. The topological polar surface area (TPSA) is 51.8 Å².